The van der Waals surface area contributed by atoms with Crippen molar-refractivity contribution in [1.82, 2.24) is 4.98 Å². The fraction of sp³-hybridized carbons (Fsp3) is 0.333. The molecule has 0 spiro atoms. The predicted octanol–water partition coefficient (Wildman–Crippen LogP) is 1.84. The highest BCUT2D eigenvalue weighted by atomic mass is 35.5. The van der Waals surface area contributed by atoms with Crippen molar-refractivity contribution in [3.8, 4) is 0 Å². The van der Waals surface area contributed by atoms with E-state index in [4.69, 9.17) is 11.6 Å². The van der Waals surface area contributed by atoms with Crippen molar-refractivity contribution in [3.05, 3.63) is 33.2 Å². The van der Waals surface area contributed by atoms with Crippen molar-refractivity contribution in [2.75, 3.05) is 7.11 Å². The lowest BCUT2D eigenvalue weighted by molar-refractivity contribution is 0.0592. The molecule has 1 aromatic rings. The minimum absolute atomic E-state index is 0.0826. The summed E-state index contributed by atoms with van der Waals surface area (Å²) in [7, 11) is 1.11. The Hall–Kier alpha value is -1.43. The minimum Gasteiger partial charge on any atom is -0.464 e. The third-order valence-corrected chi connectivity index (χ3v) is 2.21. The van der Waals surface area contributed by atoms with Gasteiger partial charge in [-0.05, 0) is 11.6 Å². The molecule has 1 N–H and O–H groups in total. The predicted molar refractivity (Wildman–Crippen MR) is 52.9 cm³/mol. The van der Waals surface area contributed by atoms with Gasteiger partial charge in [0.05, 0.1) is 12.7 Å². The Morgan fingerprint density at radius 3 is 2.69 bits per heavy atom. The molecule has 1 aromatic heterocycles. The van der Waals surface area contributed by atoms with E-state index in [1.807, 2.05) is 4.98 Å². The molecule has 88 valence electrons. The maximum atomic E-state index is 12.5. The molecule has 0 atom stereocenters. The molecule has 4 nitrogen and oxygen atoms in total. The number of carbonyl (C=O) groups excluding carboxylic acids is 1. The van der Waals surface area contributed by atoms with Crippen molar-refractivity contribution in [2.45, 2.75) is 12.3 Å². The molecule has 0 aromatic carbocycles. The molecule has 0 saturated carbocycles. The lowest BCUT2D eigenvalue weighted by Gasteiger charge is -2.07. The number of methoxy groups -OCH3 is 1. The molecule has 0 aliphatic carbocycles. The molecule has 0 unspecified atom stereocenters. The molecule has 16 heavy (non-hydrogen) atoms. The number of pyridine rings is 1. The van der Waals surface area contributed by atoms with Crippen LogP contribution in [0.25, 0.3) is 0 Å². The van der Waals surface area contributed by atoms with Gasteiger partial charge in [0.1, 0.15) is 5.69 Å². The van der Waals surface area contributed by atoms with E-state index in [0.29, 0.717) is 0 Å². The largest absolute Gasteiger partial charge is 0.464 e. The Kier molecular flexibility index (Phi) is 4.00. The highest BCUT2D eigenvalue weighted by Gasteiger charge is 2.20. The summed E-state index contributed by atoms with van der Waals surface area (Å²) in [6.07, 6.45) is -2.94. The second-order valence-corrected chi connectivity index (χ2v) is 3.14. The number of hydrogen-bond acceptors (Lipinski definition) is 3. The molecule has 0 fully saturated rings. The average Bonchev–Trinajstić information content (AvgIpc) is 2.26. The van der Waals surface area contributed by atoms with Gasteiger partial charge >= 0.3 is 5.97 Å². The zero-order chi connectivity index (χ0) is 12.3. The average molecular weight is 252 g/mol. The van der Waals surface area contributed by atoms with Crippen molar-refractivity contribution >= 4 is 17.6 Å². The van der Waals surface area contributed by atoms with Gasteiger partial charge in [0.25, 0.3) is 12.0 Å². The van der Waals surface area contributed by atoms with Gasteiger partial charge in [-0.2, -0.15) is 0 Å². The summed E-state index contributed by atoms with van der Waals surface area (Å²) in [4.78, 5) is 24.4. The van der Waals surface area contributed by atoms with Crippen LogP contribution < -0.4 is 5.56 Å². The fourth-order valence-corrected chi connectivity index (χ4v) is 1.41. The van der Waals surface area contributed by atoms with Crippen molar-refractivity contribution in [2.24, 2.45) is 0 Å². The van der Waals surface area contributed by atoms with Gasteiger partial charge in [-0.3, -0.25) is 4.79 Å². The number of alkyl halides is 3. The van der Waals surface area contributed by atoms with Gasteiger partial charge in [0, 0.05) is 5.88 Å². The first-order valence-electron chi connectivity index (χ1n) is 4.19. The quantitative estimate of drug-likeness (QED) is 0.659. The van der Waals surface area contributed by atoms with E-state index in [-0.39, 0.29) is 17.1 Å². The smallest absolute Gasteiger partial charge is 0.354 e. The lowest BCUT2D eigenvalue weighted by Crippen LogP contribution is -2.20. The van der Waals surface area contributed by atoms with Crippen LogP contribution in [0.2, 0.25) is 0 Å². The number of nitrogens with one attached hydrogen (secondary N) is 1. The second kappa shape index (κ2) is 5.07. The van der Waals surface area contributed by atoms with Gasteiger partial charge in [-0.15, -0.1) is 11.6 Å². The number of aromatic nitrogens is 1. The third kappa shape index (κ3) is 2.38. The number of esters is 1. The first-order chi connectivity index (χ1) is 7.51. The van der Waals surface area contributed by atoms with Crippen LogP contribution in [0.1, 0.15) is 28.0 Å². The SMILES string of the molecule is COC(=O)c1cc(CCl)c(C(F)F)c(=O)[nH]1. The van der Waals surface area contributed by atoms with E-state index in [1.165, 1.54) is 0 Å². The van der Waals surface area contributed by atoms with E-state index in [0.717, 1.165) is 13.2 Å². The van der Waals surface area contributed by atoms with Crippen LogP contribution in [0.4, 0.5) is 8.78 Å². The number of rotatable bonds is 3. The molecular formula is C9H8ClF2NO3. The Bertz CT molecular complexity index is 459. The van der Waals surface area contributed by atoms with Gasteiger partial charge in [0.2, 0.25) is 0 Å². The molecule has 0 aliphatic heterocycles. The molecule has 0 amide bonds. The van der Waals surface area contributed by atoms with E-state index >= 15 is 0 Å². The van der Waals surface area contributed by atoms with E-state index in [9.17, 15) is 18.4 Å². The summed E-state index contributed by atoms with van der Waals surface area (Å²) in [6.45, 7) is 0. The van der Waals surface area contributed by atoms with Crippen LogP contribution in [-0.4, -0.2) is 18.1 Å². The van der Waals surface area contributed by atoms with E-state index in [1.54, 1.807) is 0 Å². The number of aromatic amines is 1. The van der Waals surface area contributed by atoms with Crippen LogP contribution in [0.3, 0.4) is 0 Å². The van der Waals surface area contributed by atoms with Crippen LogP contribution in [0.15, 0.2) is 10.9 Å². The third-order valence-electron chi connectivity index (χ3n) is 1.92. The topological polar surface area (TPSA) is 59.2 Å². The molecule has 0 saturated heterocycles. The summed E-state index contributed by atoms with van der Waals surface area (Å²) in [5.74, 6) is -1.10. The molecule has 0 bridgehead atoms. The van der Waals surface area contributed by atoms with Crippen molar-refractivity contribution in [1.29, 1.82) is 0 Å². The van der Waals surface area contributed by atoms with Crippen LogP contribution in [0.5, 0.6) is 0 Å². The normalized spacial score (nSPS) is 10.6. The maximum Gasteiger partial charge on any atom is 0.354 e. The fourth-order valence-electron chi connectivity index (χ4n) is 1.19. The molecule has 1 rings (SSSR count). The van der Waals surface area contributed by atoms with Gasteiger partial charge in [0.15, 0.2) is 0 Å². The van der Waals surface area contributed by atoms with Crippen molar-refractivity contribution < 1.29 is 18.3 Å². The Balaban J connectivity index is 3.38. The van der Waals surface area contributed by atoms with Gasteiger partial charge < -0.3 is 9.72 Å². The zero-order valence-corrected chi connectivity index (χ0v) is 8.98. The van der Waals surface area contributed by atoms with Crippen molar-refractivity contribution in [3.63, 3.8) is 0 Å². The molecule has 7 heteroatoms. The molecule has 1 heterocycles. The summed E-state index contributed by atoms with van der Waals surface area (Å²) in [6, 6.07) is 1.09. The van der Waals surface area contributed by atoms with Gasteiger partial charge in [-0.1, -0.05) is 0 Å². The zero-order valence-electron chi connectivity index (χ0n) is 8.22. The number of carbonyl (C=O) groups is 1. The molecular weight excluding hydrogens is 244 g/mol. The first kappa shape index (κ1) is 12.6. The van der Waals surface area contributed by atoms with Crippen LogP contribution in [-0.2, 0) is 10.6 Å². The van der Waals surface area contributed by atoms with E-state index in [2.05, 4.69) is 4.74 Å². The second-order valence-electron chi connectivity index (χ2n) is 2.88. The molecule has 0 radical (unpaired) electrons. The minimum atomic E-state index is -2.94. The van der Waals surface area contributed by atoms with Crippen LogP contribution >= 0.6 is 11.6 Å². The number of H-pyrrole nitrogens is 1. The first-order valence-corrected chi connectivity index (χ1v) is 4.73. The Labute approximate surface area is 94.2 Å². The Morgan fingerprint density at radius 2 is 2.25 bits per heavy atom. The summed E-state index contributed by atoms with van der Waals surface area (Å²) < 4.78 is 29.3. The standard InChI is InChI=1S/C9H8ClF2NO3/c1-16-9(15)5-2-4(3-10)6(7(11)12)8(14)13-5/h2,7H,3H2,1H3,(H,13,14). The highest BCUT2D eigenvalue weighted by molar-refractivity contribution is 6.17. The molecule has 0 aliphatic rings. The monoisotopic (exact) mass is 251 g/mol. The van der Waals surface area contributed by atoms with Gasteiger partial charge in [-0.25, -0.2) is 13.6 Å². The summed E-state index contributed by atoms with van der Waals surface area (Å²) in [5.41, 5.74) is -2.04. The van der Waals surface area contributed by atoms with E-state index < -0.39 is 23.5 Å². The number of halogens is 3. The summed E-state index contributed by atoms with van der Waals surface area (Å²) >= 11 is 5.43. The highest BCUT2D eigenvalue weighted by Crippen LogP contribution is 2.21. The number of hydrogen-bond donors (Lipinski definition) is 1. The lowest BCUT2D eigenvalue weighted by atomic mass is 10.1. The Morgan fingerprint density at radius 1 is 1.62 bits per heavy atom. The maximum absolute atomic E-state index is 12.5. The summed E-state index contributed by atoms with van der Waals surface area (Å²) in [5, 5.41) is 0. The van der Waals surface area contributed by atoms with Crippen LogP contribution in [0, 0.1) is 0 Å². The number of ether oxygens (including phenoxy) is 1.